The predicted octanol–water partition coefficient (Wildman–Crippen LogP) is 0.707. The zero-order valence-corrected chi connectivity index (χ0v) is 14.0. The molecule has 0 radical (unpaired) electrons. The smallest absolute Gasteiger partial charge is 0.322 e. The van der Waals surface area contributed by atoms with E-state index < -0.39 is 24.2 Å². The molecule has 2 aromatic heterocycles. The number of hydrogen-bond acceptors (Lipinski definition) is 7. The Morgan fingerprint density at radius 1 is 1.15 bits per heavy atom. The molecular formula is C17H16N4O6. The predicted molar refractivity (Wildman–Crippen MR) is 92.1 cm³/mol. The Morgan fingerprint density at radius 3 is 2.63 bits per heavy atom. The molecule has 3 aromatic rings. The summed E-state index contributed by atoms with van der Waals surface area (Å²) in [5, 5.41) is 25.0. The number of pyridine rings is 1. The molecule has 0 unspecified atom stereocenters. The third-order valence-corrected chi connectivity index (χ3v) is 3.47. The average molecular weight is 372 g/mol. The maximum atomic E-state index is 12.1. The Morgan fingerprint density at radius 2 is 1.89 bits per heavy atom. The van der Waals surface area contributed by atoms with E-state index in [1.165, 1.54) is 16.9 Å². The fourth-order valence-electron chi connectivity index (χ4n) is 2.33. The summed E-state index contributed by atoms with van der Waals surface area (Å²) in [6.07, 6.45) is 1.19. The quantitative estimate of drug-likeness (QED) is 0.492. The number of nitrogens with zero attached hydrogens (tertiary/aromatic N) is 3. The highest BCUT2D eigenvalue weighted by Crippen LogP contribution is 2.27. The van der Waals surface area contributed by atoms with Gasteiger partial charge in [0.15, 0.2) is 5.65 Å². The molecule has 3 rings (SSSR count). The number of ether oxygens (including phenoxy) is 2. The number of aromatic hydroxyl groups is 1. The summed E-state index contributed by atoms with van der Waals surface area (Å²) in [7, 11) is 0. The van der Waals surface area contributed by atoms with Gasteiger partial charge in [0.2, 0.25) is 5.88 Å². The van der Waals surface area contributed by atoms with Gasteiger partial charge in [0, 0.05) is 6.07 Å². The van der Waals surface area contributed by atoms with Crippen LogP contribution in [0.5, 0.6) is 17.4 Å². The number of carbonyl (C=O) groups is 2. The minimum absolute atomic E-state index is 0.0388. The summed E-state index contributed by atoms with van der Waals surface area (Å²) in [4.78, 5) is 26.7. The van der Waals surface area contributed by atoms with Crippen molar-refractivity contribution >= 4 is 17.5 Å². The first-order valence-electron chi connectivity index (χ1n) is 7.92. The molecule has 0 bridgehead atoms. The lowest BCUT2D eigenvalue weighted by Crippen LogP contribution is -2.29. The van der Waals surface area contributed by atoms with Gasteiger partial charge < -0.3 is 25.0 Å². The van der Waals surface area contributed by atoms with Crippen molar-refractivity contribution in [3.63, 3.8) is 0 Å². The van der Waals surface area contributed by atoms with E-state index in [9.17, 15) is 14.7 Å². The Balaban J connectivity index is 1.72. The molecule has 0 fully saturated rings. The second-order valence-corrected chi connectivity index (χ2v) is 5.32. The standard InChI is InChI=1S/C17H16N4O6/c22-12-8-13(27-7-6-26-11-4-2-1-3-5-11)21-16(19-10-20-21)15(12)17(25)18-9-14(23)24/h1-5,8,10,22H,6-7,9H2,(H,18,25)(H,23,24). The van der Waals surface area contributed by atoms with Gasteiger partial charge in [0.1, 0.15) is 43.1 Å². The molecule has 140 valence electrons. The largest absolute Gasteiger partial charge is 0.507 e. The van der Waals surface area contributed by atoms with E-state index in [0.29, 0.717) is 5.75 Å². The van der Waals surface area contributed by atoms with Gasteiger partial charge in [-0.1, -0.05) is 18.2 Å². The molecule has 0 saturated carbocycles. The van der Waals surface area contributed by atoms with E-state index in [1.807, 2.05) is 30.3 Å². The topological polar surface area (TPSA) is 135 Å². The monoisotopic (exact) mass is 372 g/mol. The van der Waals surface area contributed by atoms with Crippen molar-refractivity contribution in [1.82, 2.24) is 19.9 Å². The van der Waals surface area contributed by atoms with E-state index >= 15 is 0 Å². The van der Waals surface area contributed by atoms with Crippen molar-refractivity contribution < 1.29 is 29.3 Å². The summed E-state index contributed by atoms with van der Waals surface area (Å²) < 4.78 is 12.3. The minimum Gasteiger partial charge on any atom is -0.507 e. The number of aromatic nitrogens is 3. The maximum Gasteiger partial charge on any atom is 0.322 e. The molecule has 1 amide bonds. The van der Waals surface area contributed by atoms with E-state index in [2.05, 4.69) is 15.4 Å². The molecular weight excluding hydrogens is 356 g/mol. The lowest BCUT2D eigenvalue weighted by atomic mass is 10.2. The van der Waals surface area contributed by atoms with Crippen LogP contribution < -0.4 is 14.8 Å². The zero-order chi connectivity index (χ0) is 19.2. The van der Waals surface area contributed by atoms with Crippen molar-refractivity contribution in [2.45, 2.75) is 0 Å². The molecule has 2 heterocycles. The van der Waals surface area contributed by atoms with Crippen molar-refractivity contribution in [2.24, 2.45) is 0 Å². The normalized spacial score (nSPS) is 10.5. The highest BCUT2D eigenvalue weighted by Gasteiger charge is 2.21. The van der Waals surface area contributed by atoms with Crippen molar-refractivity contribution in [3.8, 4) is 17.4 Å². The first-order chi connectivity index (χ1) is 13.1. The van der Waals surface area contributed by atoms with Gasteiger partial charge in [-0.05, 0) is 12.1 Å². The van der Waals surface area contributed by atoms with Crippen molar-refractivity contribution in [2.75, 3.05) is 19.8 Å². The van der Waals surface area contributed by atoms with Crippen LogP contribution in [0.1, 0.15) is 10.4 Å². The van der Waals surface area contributed by atoms with Crippen LogP contribution in [-0.4, -0.2) is 56.4 Å². The fraction of sp³-hybridized carbons (Fsp3) is 0.176. The highest BCUT2D eigenvalue weighted by atomic mass is 16.5. The third-order valence-electron chi connectivity index (χ3n) is 3.47. The number of amides is 1. The Kier molecular flexibility index (Phi) is 5.36. The van der Waals surface area contributed by atoms with Gasteiger partial charge >= 0.3 is 5.97 Å². The number of carboxylic acid groups (broad SMARTS) is 1. The molecule has 10 nitrogen and oxygen atoms in total. The van der Waals surface area contributed by atoms with Gasteiger partial charge in [0.05, 0.1) is 0 Å². The van der Waals surface area contributed by atoms with Crippen LogP contribution in [0.2, 0.25) is 0 Å². The molecule has 1 aromatic carbocycles. The molecule has 0 spiro atoms. The van der Waals surface area contributed by atoms with Crippen molar-refractivity contribution in [1.29, 1.82) is 0 Å². The Labute approximate surface area is 153 Å². The second-order valence-electron chi connectivity index (χ2n) is 5.32. The van der Waals surface area contributed by atoms with Crippen LogP contribution in [0.3, 0.4) is 0 Å². The molecule has 27 heavy (non-hydrogen) atoms. The third kappa shape index (κ3) is 4.24. The number of rotatable bonds is 8. The van der Waals surface area contributed by atoms with Crippen LogP contribution in [0.4, 0.5) is 0 Å². The fourth-order valence-corrected chi connectivity index (χ4v) is 2.33. The molecule has 0 saturated heterocycles. The SMILES string of the molecule is O=C(O)CNC(=O)c1c(O)cc(OCCOc2ccccc2)n2ncnc12. The summed E-state index contributed by atoms with van der Waals surface area (Å²) in [5.74, 6) is -1.55. The molecule has 0 aliphatic rings. The first kappa shape index (κ1) is 18.0. The molecule has 0 atom stereocenters. The van der Waals surface area contributed by atoms with E-state index in [0.717, 1.165) is 0 Å². The van der Waals surface area contributed by atoms with Gasteiger partial charge in [-0.3, -0.25) is 9.59 Å². The molecule has 10 heteroatoms. The Hall–Kier alpha value is -3.82. The number of fused-ring (bicyclic) bond motifs is 1. The highest BCUT2D eigenvalue weighted by molar-refractivity contribution is 6.03. The van der Waals surface area contributed by atoms with Crippen LogP contribution in [0.15, 0.2) is 42.7 Å². The van der Waals surface area contributed by atoms with Crippen molar-refractivity contribution in [3.05, 3.63) is 48.3 Å². The minimum atomic E-state index is -1.21. The zero-order valence-electron chi connectivity index (χ0n) is 14.0. The first-order valence-corrected chi connectivity index (χ1v) is 7.92. The van der Waals surface area contributed by atoms with E-state index in [-0.39, 0.29) is 30.3 Å². The van der Waals surface area contributed by atoms with Gasteiger partial charge in [-0.15, -0.1) is 0 Å². The van der Waals surface area contributed by atoms with Crippen LogP contribution in [0.25, 0.3) is 5.65 Å². The summed E-state index contributed by atoms with van der Waals surface area (Å²) in [6.45, 7) is -0.177. The summed E-state index contributed by atoms with van der Waals surface area (Å²) in [6, 6.07) is 10.4. The molecule has 3 N–H and O–H groups in total. The van der Waals surface area contributed by atoms with Gasteiger partial charge in [-0.2, -0.15) is 9.61 Å². The van der Waals surface area contributed by atoms with Crippen LogP contribution in [-0.2, 0) is 4.79 Å². The summed E-state index contributed by atoms with van der Waals surface area (Å²) >= 11 is 0. The number of aliphatic carboxylic acids is 1. The Bertz CT molecular complexity index is 957. The van der Waals surface area contributed by atoms with E-state index in [4.69, 9.17) is 14.6 Å². The molecule has 0 aliphatic heterocycles. The average Bonchev–Trinajstić information content (AvgIpc) is 3.13. The number of carbonyl (C=O) groups excluding carboxylic acids is 1. The number of benzene rings is 1. The number of hydrogen-bond donors (Lipinski definition) is 3. The maximum absolute atomic E-state index is 12.1. The number of para-hydroxylation sites is 1. The van der Waals surface area contributed by atoms with Crippen LogP contribution in [0, 0.1) is 0 Å². The lowest BCUT2D eigenvalue weighted by molar-refractivity contribution is -0.135. The molecule has 0 aliphatic carbocycles. The van der Waals surface area contributed by atoms with Gasteiger partial charge in [0.25, 0.3) is 5.91 Å². The summed E-state index contributed by atoms with van der Waals surface area (Å²) in [5.41, 5.74) is -0.154. The van der Waals surface area contributed by atoms with E-state index in [1.54, 1.807) is 0 Å². The van der Waals surface area contributed by atoms with Crippen LogP contribution >= 0.6 is 0 Å². The lowest BCUT2D eigenvalue weighted by Gasteiger charge is -2.12. The van der Waals surface area contributed by atoms with Gasteiger partial charge in [-0.25, -0.2) is 4.98 Å². The number of nitrogens with one attached hydrogen (secondary N) is 1. The number of carboxylic acids is 1. The second kappa shape index (κ2) is 8.04.